The lowest BCUT2D eigenvalue weighted by Gasteiger charge is -2.27. The summed E-state index contributed by atoms with van der Waals surface area (Å²) in [6.45, 7) is 0.476. The van der Waals surface area contributed by atoms with Crippen LogP contribution in [0, 0.1) is 0 Å². The number of hydrazone groups is 1. The van der Waals surface area contributed by atoms with Crippen LogP contribution in [0.5, 0.6) is 5.75 Å². The number of nitrogens with two attached hydrogens (primary N) is 1. The molecule has 4 aromatic rings. The van der Waals surface area contributed by atoms with Crippen molar-refractivity contribution in [2.24, 2.45) is 10.9 Å². The van der Waals surface area contributed by atoms with Crippen LogP contribution in [0.1, 0.15) is 23.1 Å². The first kappa shape index (κ1) is 38.3. The number of nitrogens with one attached hydrogen (secondary N) is 1. The number of hydrogen-bond donors (Lipinski definition) is 3. The number of halogens is 3. The number of methoxy groups -OCH3 is 1. The molecule has 1 atom stereocenters. The standard InChI is InChI=1S/C33H35N5O5S.C2HF3O2/c1-43-29-12-10-27-11-13-30(20-28(27)19-29)44(41,42)38(23-32(39)35-16-14-24-6-3-2-4-7-24)31-15-17-37(33(31)40)22-26-9-5-8-25(18-26)21-36-34;3-2(4,5)1(6)7/h2-13,18-21,31H,14-17,22-23,34H2,1H3,(H,35,39);(H,6,7)/t31-;/m0./s1. The number of carboxylic acid groups (broad SMARTS) is 1. The third kappa shape index (κ3) is 10.3. The number of likely N-dealkylation sites (tertiary alicyclic amines) is 1. The number of rotatable bonds is 12. The fourth-order valence-corrected chi connectivity index (χ4v) is 7.01. The largest absolute Gasteiger partial charge is 0.497 e. The van der Waals surface area contributed by atoms with Crippen molar-refractivity contribution in [3.05, 3.63) is 108 Å². The van der Waals surface area contributed by atoms with Gasteiger partial charge in [0.25, 0.3) is 0 Å². The van der Waals surface area contributed by atoms with Gasteiger partial charge in [-0.25, -0.2) is 13.2 Å². The molecule has 0 unspecified atom stereocenters. The van der Waals surface area contributed by atoms with Crippen molar-refractivity contribution < 1.29 is 45.8 Å². The summed E-state index contributed by atoms with van der Waals surface area (Å²) in [4.78, 5) is 37.4. The zero-order valence-corrected chi connectivity index (χ0v) is 28.2. The summed E-state index contributed by atoms with van der Waals surface area (Å²) >= 11 is 0. The molecule has 270 valence electrons. The second kappa shape index (κ2) is 17.0. The molecule has 2 amide bonds. The van der Waals surface area contributed by atoms with Crippen molar-refractivity contribution in [1.29, 1.82) is 0 Å². The molecule has 0 radical (unpaired) electrons. The van der Waals surface area contributed by atoms with Crippen LogP contribution < -0.4 is 15.9 Å². The van der Waals surface area contributed by atoms with E-state index in [0.717, 1.165) is 26.4 Å². The highest BCUT2D eigenvalue weighted by atomic mass is 32.2. The maximum atomic E-state index is 14.2. The van der Waals surface area contributed by atoms with Crippen LogP contribution >= 0.6 is 0 Å². The molecule has 16 heteroatoms. The average Bonchev–Trinajstić information content (AvgIpc) is 3.45. The highest BCUT2D eigenvalue weighted by molar-refractivity contribution is 7.89. The van der Waals surface area contributed by atoms with Gasteiger partial charge in [0.15, 0.2) is 0 Å². The third-order valence-corrected chi connectivity index (χ3v) is 9.76. The molecule has 0 aliphatic carbocycles. The molecular formula is C35H36F3N5O7S. The lowest BCUT2D eigenvalue weighted by atomic mass is 10.1. The van der Waals surface area contributed by atoms with Gasteiger partial charge in [0.2, 0.25) is 21.8 Å². The van der Waals surface area contributed by atoms with Gasteiger partial charge in [-0.05, 0) is 70.6 Å². The van der Waals surface area contributed by atoms with E-state index in [-0.39, 0.29) is 23.8 Å². The minimum Gasteiger partial charge on any atom is -0.497 e. The van der Waals surface area contributed by atoms with E-state index in [2.05, 4.69) is 10.4 Å². The van der Waals surface area contributed by atoms with E-state index in [4.69, 9.17) is 20.5 Å². The van der Waals surface area contributed by atoms with Crippen LogP contribution in [0.25, 0.3) is 10.8 Å². The monoisotopic (exact) mass is 727 g/mol. The summed E-state index contributed by atoms with van der Waals surface area (Å²) in [5.41, 5.74) is 2.69. The van der Waals surface area contributed by atoms with Gasteiger partial charge in [0.1, 0.15) is 11.8 Å². The van der Waals surface area contributed by atoms with Crippen LogP contribution in [-0.2, 0) is 37.4 Å². The molecule has 0 spiro atoms. The van der Waals surface area contributed by atoms with Crippen LogP contribution in [0.2, 0.25) is 0 Å². The number of alkyl halides is 3. The van der Waals surface area contributed by atoms with Gasteiger partial charge in [-0.2, -0.15) is 22.6 Å². The topological polar surface area (TPSA) is 172 Å². The Hall–Kier alpha value is -5.48. The minimum atomic E-state index is -5.08. The first-order chi connectivity index (χ1) is 24.2. The minimum absolute atomic E-state index is 0.00429. The van der Waals surface area contributed by atoms with Crippen molar-refractivity contribution in [3.63, 3.8) is 0 Å². The maximum Gasteiger partial charge on any atom is 0.490 e. The van der Waals surface area contributed by atoms with E-state index in [1.54, 1.807) is 36.3 Å². The molecule has 0 bridgehead atoms. The Balaban J connectivity index is 0.000000755. The van der Waals surface area contributed by atoms with Crippen LogP contribution in [0.3, 0.4) is 0 Å². The van der Waals surface area contributed by atoms with Gasteiger partial charge in [-0.3, -0.25) is 9.59 Å². The lowest BCUT2D eigenvalue weighted by Crippen LogP contribution is -2.49. The third-order valence-electron chi connectivity index (χ3n) is 7.91. The fourth-order valence-electron chi connectivity index (χ4n) is 5.40. The van der Waals surface area contributed by atoms with E-state index in [1.165, 1.54) is 12.3 Å². The number of sulfonamides is 1. The molecule has 51 heavy (non-hydrogen) atoms. The Morgan fingerprint density at radius 3 is 2.37 bits per heavy atom. The molecular weight excluding hydrogens is 691 g/mol. The van der Waals surface area contributed by atoms with E-state index in [0.29, 0.717) is 30.6 Å². The van der Waals surface area contributed by atoms with Gasteiger partial charge in [-0.1, -0.05) is 60.7 Å². The smallest absolute Gasteiger partial charge is 0.490 e. The Bertz CT molecular complexity index is 1990. The zero-order chi connectivity index (χ0) is 37.2. The zero-order valence-electron chi connectivity index (χ0n) is 27.4. The molecule has 1 fully saturated rings. The molecule has 4 aromatic carbocycles. The first-order valence-electron chi connectivity index (χ1n) is 15.5. The molecule has 1 aliphatic heterocycles. The molecule has 0 aromatic heterocycles. The summed E-state index contributed by atoms with van der Waals surface area (Å²) in [5, 5.41) is 15.0. The summed E-state index contributed by atoms with van der Waals surface area (Å²) in [6, 6.07) is 26.2. The number of nitrogens with zero attached hydrogens (tertiary/aromatic N) is 3. The van der Waals surface area contributed by atoms with Crippen LogP contribution in [0.15, 0.2) is 101 Å². The van der Waals surface area contributed by atoms with E-state index >= 15 is 0 Å². The predicted molar refractivity (Wildman–Crippen MR) is 183 cm³/mol. The van der Waals surface area contributed by atoms with Crippen molar-refractivity contribution in [1.82, 2.24) is 14.5 Å². The van der Waals surface area contributed by atoms with Crippen LogP contribution in [-0.4, -0.2) is 85.7 Å². The second-order valence-corrected chi connectivity index (χ2v) is 13.3. The maximum absolute atomic E-state index is 14.2. The fraction of sp³-hybridized carbons (Fsp3) is 0.257. The van der Waals surface area contributed by atoms with Crippen molar-refractivity contribution in [2.75, 3.05) is 26.7 Å². The molecule has 4 N–H and O–H groups in total. The van der Waals surface area contributed by atoms with Crippen LogP contribution in [0.4, 0.5) is 13.2 Å². The number of ether oxygens (including phenoxy) is 1. The number of carbonyl (C=O) groups excluding carboxylic acids is 2. The first-order valence-corrected chi connectivity index (χ1v) is 17.0. The Morgan fingerprint density at radius 1 is 1.02 bits per heavy atom. The van der Waals surface area contributed by atoms with Gasteiger partial charge in [-0.15, -0.1) is 0 Å². The summed E-state index contributed by atoms with van der Waals surface area (Å²) in [7, 11) is -2.72. The molecule has 0 saturated carbocycles. The van der Waals surface area contributed by atoms with Crippen molar-refractivity contribution in [3.8, 4) is 5.75 Å². The van der Waals surface area contributed by atoms with Crippen molar-refractivity contribution >= 4 is 44.8 Å². The Morgan fingerprint density at radius 2 is 1.71 bits per heavy atom. The van der Waals surface area contributed by atoms with Gasteiger partial charge in [0, 0.05) is 19.6 Å². The lowest BCUT2D eigenvalue weighted by molar-refractivity contribution is -0.192. The van der Waals surface area contributed by atoms with E-state index in [1.807, 2.05) is 60.7 Å². The average molecular weight is 728 g/mol. The summed E-state index contributed by atoms with van der Waals surface area (Å²) in [6.07, 6.45) is -2.72. The van der Waals surface area contributed by atoms with E-state index in [9.17, 15) is 31.2 Å². The molecule has 1 aliphatic rings. The second-order valence-electron chi connectivity index (χ2n) is 11.4. The Labute approximate surface area is 292 Å². The number of carboxylic acids is 1. The predicted octanol–water partition coefficient (Wildman–Crippen LogP) is 3.93. The highest BCUT2D eigenvalue weighted by Crippen LogP contribution is 2.29. The molecule has 1 saturated heterocycles. The highest BCUT2D eigenvalue weighted by Gasteiger charge is 2.43. The van der Waals surface area contributed by atoms with Gasteiger partial charge in [0.05, 0.1) is 24.8 Å². The molecule has 1 heterocycles. The van der Waals surface area contributed by atoms with E-state index < -0.39 is 40.7 Å². The van der Waals surface area contributed by atoms with Crippen molar-refractivity contribution in [2.45, 2.75) is 36.5 Å². The number of carbonyl (C=O) groups is 3. The normalized spacial score (nSPS) is 14.8. The SMILES string of the molecule is COc1ccc2ccc(S(=O)(=O)N(CC(=O)NCCc3ccccc3)[C@H]3CCN(Cc4cccc(C=NN)c4)C3=O)cc2c1.O=C(O)C(F)(F)F. The van der Waals surface area contributed by atoms with Gasteiger partial charge < -0.3 is 25.9 Å². The summed E-state index contributed by atoms with van der Waals surface area (Å²) in [5.74, 6) is 2.28. The van der Waals surface area contributed by atoms with Gasteiger partial charge >= 0.3 is 12.1 Å². The Kier molecular flexibility index (Phi) is 12.7. The number of hydrogen-bond acceptors (Lipinski definition) is 8. The quantitative estimate of drug-likeness (QED) is 0.112. The number of fused-ring (bicyclic) bond motifs is 1. The number of benzene rings is 4. The number of amides is 2. The molecule has 12 nitrogen and oxygen atoms in total. The number of aliphatic carboxylic acids is 1. The summed E-state index contributed by atoms with van der Waals surface area (Å²) < 4.78 is 66.5. The molecule has 5 rings (SSSR count).